The quantitative estimate of drug-likeness (QED) is 0.821. The summed E-state index contributed by atoms with van der Waals surface area (Å²) >= 11 is 0. The van der Waals surface area contributed by atoms with Crippen LogP contribution in [0.2, 0.25) is 0 Å². The summed E-state index contributed by atoms with van der Waals surface area (Å²) in [5.41, 5.74) is 7.59. The molecular formula is C15H20N4O2. The highest BCUT2D eigenvalue weighted by Gasteiger charge is 2.12. The van der Waals surface area contributed by atoms with Gasteiger partial charge in [0.1, 0.15) is 0 Å². The topological polar surface area (TPSA) is 73.5 Å². The number of hydrogen-bond donors (Lipinski definition) is 1. The molecule has 0 unspecified atom stereocenters. The van der Waals surface area contributed by atoms with Gasteiger partial charge in [-0.2, -0.15) is 9.97 Å². The number of aromatic nitrogens is 2. The summed E-state index contributed by atoms with van der Waals surface area (Å²) in [5.74, 6) is 1.53. The monoisotopic (exact) mass is 288 g/mol. The van der Waals surface area contributed by atoms with Crippen molar-refractivity contribution in [1.29, 1.82) is 0 Å². The second-order valence-corrected chi connectivity index (χ2v) is 4.51. The fourth-order valence-corrected chi connectivity index (χ4v) is 1.91. The van der Waals surface area contributed by atoms with Crippen molar-refractivity contribution >= 4 is 11.6 Å². The Labute approximate surface area is 124 Å². The number of ether oxygens (including phenoxy) is 2. The molecule has 0 saturated heterocycles. The molecule has 6 nitrogen and oxygen atoms in total. The molecule has 1 aromatic carbocycles. The first-order valence-corrected chi connectivity index (χ1v) is 6.72. The third kappa shape index (κ3) is 3.75. The predicted molar refractivity (Wildman–Crippen MR) is 82.7 cm³/mol. The smallest absolute Gasteiger partial charge is 0.232 e. The van der Waals surface area contributed by atoms with Crippen molar-refractivity contribution in [1.82, 2.24) is 9.97 Å². The maximum Gasteiger partial charge on any atom is 0.232 e. The SMILES string of the molecule is CCN(Cc1ccc(N)cc1)c1nc(OC)cc(OC)n1. The van der Waals surface area contributed by atoms with Gasteiger partial charge in [-0.3, -0.25) is 0 Å². The van der Waals surface area contributed by atoms with Gasteiger partial charge in [-0.1, -0.05) is 12.1 Å². The van der Waals surface area contributed by atoms with Crippen LogP contribution in [0, 0.1) is 0 Å². The Balaban J connectivity index is 2.25. The summed E-state index contributed by atoms with van der Waals surface area (Å²) in [4.78, 5) is 10.8. The van der Waals surface area contributed by atoms with Crippen molar-refractivity contribution in [2.24, 2.45) is 0 Å². The molecule has 2 aromatic rings. The minimum absolute atomic E-state index is 0.479. The van der Waals surface area contributed by atoms with E-state index in [4.69, 9.17) is 15.2 Å². The Bertz CT molecular complexity index is 564. The van der Waals surface area contributed by atoms with Gasteiger partial charge in [0, 0.05) is 18.8 Å². The van der Waals surface area contributed by atoms with E-state index in [1.165, 1.54) is 0 Å². The van der Waals surface area contributed by atoms with Crippen LogP contribution >= 0.6 is 0 Å². The van der Waals surface area contributed by atoms with Crippen LogP contribution in [0.1, 0.15) is 12.5 Å². The zero-order valence-electron chi connectivity index (χ0n) is 12.5. The molecule has 0 saturated carbocycles. The lowest BCUT2D eigenvalue weighted by Gasteiger charge is -2.21. The molecule has 2 rings (SSSR count). The van der Waals surface area contributed by atoms with E-state index < -0.39 is 0 Å². The maximum atomic E-state index is 5.71. The van der Waals surface area contributed by atoms with Crippen molar-refractivity contribution in [3.05, 3.63) is 35.9 Å². The highest BCUT2D eigenvalue weighted by Crippen LogP contribution is 2.21. The zero-order valence-corrected chi connectivity index (χ0v) is 12.5. The predicted octanol–water partition coefficient (Wildman–Crippen LogP) is 2.10. The number of rotatable bonds is 6. The molecule has 112 valence electrons. The summed E-state index contributed by atoms with van der Waals surface area (Å²) < 4.78 is 10.4. The minimum atomic E-state index is 0.479. The Hall–Kier alpha value is -2.50. The van der Waals surface area contributed by atoms with Crippen LogP contribution < -0.4 is 20.1 Å². The maximum absolute atomic E-state index is 5.71. The zero-order chi connectivity index (χ0) is 15.2. The average molecular weight is 288 g/mol. The average Bonchev–Trinajstić information content (AvgIpc) is 2.53. The molecule has 6 heteroatoms. The highest BCUT2D eigenvalue weighted by molar-refractivity contribution is 5.42. The van der Waals surface area contributed by atoms with Gasteiger partial charge in [0.25, 0.3) is 0 Å². The van der Waals surface area contributed by atoms with Crippen LogP contribution in [0.3, 0.4) is 0 Å². The summed E-state index contributed by atoms with van der Waals surface area (Å²) in [6.45, 7) is 3.50. The lowest BCUT2D eigenvalue weighted by atomic mass is 10.2. The molecule has 0 amide bonds. The van der Waals surface area contributed by atoms with Crippen LogP contribution in [-0.4, -0.2) is 30.7 Å². The molecule has 0 radical (unpaired) electrons. The van der Waals surface area contributed by atoms with Crippen molar-refractivity contribution in [2.45, 2.75) is 13.5 Å². The van der Waals surface area contributed by atoms with Gasteiger partial charge >= 0.3 is 0 Å². The van der Waals surface area contributed by atoms with Gasteiger partial charge in [-0.25, -0.2) is 0 Å². The van der Waals surface area contributed by atoms with Gasteiger partial charge in [0.15, 0.2) is 0 Å². The summed E-state index contributed by atoms with van der Waals surface area (Å²) in [6.07, 6.45) is 0. The molecule has 0 aliphatic rings. The van der Waals surface area contributed by atoms with Crippen molar-refractivity contribution in [3.8, 4) is 11.8 Å². The van der Waals surface area contributed by atoms with E-state index in [1.54, 1.807) is 20.3 Å². The molecule has 0 aliphatic heterocycles. The van der Waals surface area contributed by atoms with Gasteiger partial charge in [0.05, 0.1) is 20.3 Å². The second kappa shape index (κ2) is 6.78. The van der Waals surface area contributed by atoms with Gasteiger partial charge < -0.3 is 20.1 Å². The van der Waals surface area contributed by atoms with Crippen LogP contribution in [0.5, 0.6) is 11.8 Å². The Morgan fingerprint density at radius 1 is 1.05 bits per heavy atom. The van der Waals surface area contributed by atoms with Crippen molar-refractivity contribution < 1.29 is 9.47 Å². The first kappa shape index (κ1) is 14.9. The molecular weight excluding hydrogens is 268 g/mol. The molecule has 0 fully saturated rings. The number of nitrogens with zero attached hydrogens (tertiary/aromatic N) is 3. The molecule has 1 heterocycles. The third-order valence-electron chi connectivity index (χ3n) is 3.10. The van der Waals surface area contributed by atoms with E-state index >= 15 is 0 Å². The molecule has 1 aromatic heterocycles. The van der Waals surface area contributed by atoms with E-state index in [1.807, 2.05) is 36.1 Å². The number of methoxy groups -OCH3 is 2. The highest BCUT2D eigenvalue weighted by atomic mass is 16.5. The third-order valence-corrected chi connectivity index (χ3v) is 3.10. The molecule has 0 spiro atoms. The Morgan fingerprint density at radius 3 is 2.10 bits per heavy atom. The first-order chi connectivity index (χ1) is 10.2. The first-order valence-electron chi connectivity index (χ1n) is 6.72. The summed E-state index contributed by atoms with van der Waals surface area (Å²) in [5, 5.41) is 0. The van der Waals surface area contributed by atoms with E-state index in [0.717, 1.165) is 17.8 Å². The van der Waals surface area contributed by atoms with E-state index in [2.05, 4.69) is 9.97 Å². The van der Waals surface area contributed by atoms with Crippen molar-refractivity contribution in [3.63, 3.8) is 0 Å². The van der Waals surface area contributed by atoms with Crippen molar-refractivity contribution in [2.75, 3.05) is 31.4 Å². The lowest BCUT2D eigenvalue weighted by molar-refractivity contribution is 0.371. The molecule has 21 heavy (non-hydrogen) atoms. The van der Waals surface area contributed by atoms with Gasteiger partial charge in [-0.05, 0) is 24.6 Å². The van der Waals surface area contributed by atoms with Crippen LogP contribution in [0.15, 0.2) is 30.3 Å². The normalized spacial score (nSPS) is 10.2. The fourth-order valence-electron chi connectivity index (χ4n) is 1.91. The van der Waals surface area contributed by atoms with Crippen LogP contribution in [0.25, 0.3) is 0 Å². The van der Waals surface area contributed by atoms with Crippen LogP contribution in [0.4, 0.5) is 11.6 Å². The number of nitrogens with two attached hydrogens (primary N) is 1. The summed E-state index contributed by atoms with van der Waals surface area (Å²) in [6, 6.07) is 9.41. The fraction of sp³-hybridized carbons (Fsp3) is 0.333. The van der Waals surface area contributed by atoms with Gasteiger partial charge in [0.2, 0.25) is 17.7 Å². The lowest BCUT2D eigenvalue weighted by Crippen LogP contribution is -2.24. The van der Waals surface area contributed by atoms with E-state index in [-0.39, 0.29) is 0 Å². The largest absolute Gasteiger partial charge is 0.481 e. The van der Waals surface area contributed by atoms with Gasteiger partial charge in [-0.15, -0.1) is 0 Å². The molecule has 0 bridgehead atoms. The molecule has 2 N–H and O–H groups in total. The Morgan fingerprint density at radius 2 is 1.62 bits per heavy atom. The number of hydrogen-bond acceptors (Lipinski definition) is 6. The second-order valence-electron chi connectivity index (χ2n) is 4.51. The number of anilines is 2. The minimum Gasteiger partial charge on any atom is -0.481 e. The van der Waals surface area contributed by atoms with E-state index in [9.17, 15) is 0 Å². The summed E-state index contributed by atoms with van der Waals surface area (Å²) in [7, 11) is 3.14. The van der Waals surface area contributed by atoms with Crippen LogP contribution in [-0.2, 0) is 6.54 Å². The number of nitrogen functional groups attached to an aromatic ring is 1. The van der Waals surface area contributed by atoms with E-state index in [0.29, 0.717) is 24.3 Å². The Kier molecular flexibility index (Phi) is 4.81. The molecule has 0 aliphatic carbocycles. The standard InChI is InChI=1S/C15H20N4O2/c1-4-19(10-11-5-7-12(16)8-6-11)15-17-13(20-2)9-14(18-15)21-3/h5-9H,4,10,16H2,1-3H3. The number of benzene rings is 1. The molecule has 0 atom stereocenters.